The number of nitrogens with one attached hydrogen (secondary N) is 1. The van der Waals surface area contributed by atoms with Crippen molar-refractivity contribution in [2.75, 3.05) is 20.2 Å². The second kappa shape index (κ2) is 4.11. The van der Waals surface area contributed by atoms with Gasteiger partial charge in [-0.1, -0.05) is 0 Å². The molecule has 0 radical (unpaired) electrons. The predicted octanol–water partition coefficient (Wildman–Crippen LogP) is 2.22. The second-order valence-electron chi connectivity index (χ2n) is 3.40. The molecule has 0 aliphatic carbocycles. The normalized spacial score (nSPS) is 23.0. The summed E-state index contributed by atoms with van der Waals surface area (Å²) in [7, 11) is 1.73. The third-order valence-corrected chi connectivity index (χ3v) is 3.71. The van der Waals surface area contributed by atoms with E-state index in [-0.39, 0.29) is 0 Å². The molecule has 1 unspecified atom stereocenters. The van der Waals surface area contributed by atoms with E-state index in [2.05, 4.69) is 17.4 Å². The van der Waals surface area contributed by atoms with Gasteiger partial charge in [-0.15, -0.1) is 11.3 Å². The molecule has 13 heavy (non-hydrogen) atoms. The second-order valence-corrected chi connectivity index (χ2v) is 4.48. The molecule has 0 bridgehead atoms. The summed E-state index contributed by atoms with van der Waals surface area (Å²) in [6.07, 6.45) is 2.61. The predicted molar refractivity (Wildman–Crippen MR) is 55.7 cm³/mol. The molecule has 1 saturated heterocycles. The molecule has 1 fully saturated rings. The van der Waals surface area contributed by atoms with E-state index in [1.807, 2.05) is 0 Å². The smallest absolute Gasteiger partial charge is 0.173 e. The highest BCUT2D eigenvalue weighted by molar-refractivity contribution is 7.13. The van der Waals surface area contributed by atoms with Crippen LogP contribution >= 0.6 is 11.3 Å². The van der Waals surface area contributed by atoms with Gasteiger partial charge in [-0.3, -0.25) is 0 Å². The molecule has 1 atom stereocenters. The highest BCUT2D eigenvalue weighted by atomic mass is 32.1. The van der Waals surface area contributed by atoms with Crippen molar-refractivity contribution in [2.24, 2.45) is 0 Å². The maximum atomic E-state index is 5.18. The van der Waals surface area contributed by atoms with Gasteiger partial charge in [-0.05, 0) is 31.5 Å². The van der Waals surface area contributed by atoms with Crippen LogP contribution < -0.4 is 10.1 Å². The molecular formula is C10H15NOS. The Balaban J connectivity index is 2.05. The molecule has 1 aromatic heterocycles. The van der Waals surface area contributed by atoms with Crippen molar-refractivity contribution in [2.45, 2.75) is 18.8 Å². The van der Waals surface area contributed by atoms with E-state index in [1.54, 1.807) is 18.4 Å². The Morgan fingerprint density at radius 1 is 1.54 bits per heavy atom. The number of methoxy groups -OCH3 is 1. The Kier molecular flexibility index (Phi) is 2.86. The van der Waals surface area contributed by atoms with Gasteiger partial charge in [-0.25, -0.2) is 0 Å². The molecule has 0 saturated carbocycles. The van der Waals surface area contributed by atoms with Crippen molar-refractivity contribution >= 4 is 11.3 Å². The minimum Gasteiger partial charge on any atom is -0.487 e. The lowest BCUT2D eigenvalue weighted by molar-refractivity contribution is 0.427. The van der Waals surface area contributed by atoms with E-state index in [0.717, 1.165) is 11.6 Å². The van der Waals surface area contributed by atoms with Gasteiger partial charge in [0.15, 0.2) is 5.06 Å². The fourth-order valence-corrected chi connectivity index (χ4v) is 2.71. The molecule has 1 N–H and O–H groups in total. The van der Waals surface area contributed by atoms with Crippen molar-refractivity contribution < 1.29 is 4.74 Å². The zero-order valence-corrected chi connectivity index (χ0v) is 8.69. The summed E-state index contributed by atoms with van der Waals surface area (Å²) in [4.78, 5) is 1.46. The average Bonchev–Trinajstić information content (AvgIpc) is 2.67. The monoisotopic (exact) mass is 197 g/mol. The van der Waals surface area contributed by atoms with Gasteiger partial charge in [0.25, 0.3) is 0 Å². The largest absolute Gasteiger partial charge is 0.487 e. The van der Waals surface area contributed by atoms with Crippen LogP contribution in [0.25, 0.3) is 0 Å². The van der Waals surface area contributed by atoms with Crippen molar-refractivity contribution in [3.05, 3.63) is 17.0 Å². The summed E-state index contributed by atoms with van der Waals surface area (Å²) in [5, 5.41) is 4.45. The first-order valence-electron chi connectivity index (χ1n) is 4.74. The van der Waals surface area contributed by atoms with E-state index in [1.165, 1.54) is 24.3 Å². The first kappa shape index (κ1) is 9.03. The highest BCUT2D eigenvalue weighted by Crippen LogP contribution is 2.33. The maximum Gasteiger partial charge on any atom is 0.173 e. The molecule has 2 nitrogen and oxygen atoms in total. The third kappa shape index (κ3) is 2.03. The van der Waals surface area contributed by atoms with E-state index in [0.29, 0.717) is 5.92 Å². The highest BCUT2D eigenvalue weighted by Gasteiger charge is 2.16. The molecule has 2 heterocycles. The van der Waals surface area contributed by atoms with Gasteiger partial charge in [0.1, 0.15) is 0 Å². The van der Waals surface area contributed by atoms with Gasteiger partial charge in [-0.2, -0.15) is 0 Å². The Morgan fingerprint density at radius 2 is 2.46 bits per heavy atom. The Morgan fingerprint density at radius 3 is 3.08 bits per heavy atom. The van der Waals surface area contributed by atoms with Gasteiger partial charge in [0, 0.05) is 17.3 Å². The van der Waals surface area contributed by atoms with Gasteiger partial charge in [0.05, 0.1) is 7.11 Å². The van der Waals surface area contributed by atoms with Gasteiger partial charge in [0.2, 0.25) is 0 Å². The molecule has 0 amide bonds. The van der Waals surface area contributed by atoms with Crippen LogP contribution in [-0.4, -0.2) is 20.2 Å². The minimum atomic E-state index is 0.711. The summed E-state index contributed by atoms with van der Waals surface area (Å²) in [6.45, 7) is 2.31. The first-order valence-corrected chi connectivity index (χ1v) is 5.56. The molecule has 1 aliphatic heterocycles. The summed E-state index contributed by atoms with van der Waals surface area (Å²) < 4.78 is 5.18. The van der Waals surface area contributed by atoms with Crippen LogP contribution in [0.5, 0.6) is 5.06 Å². The van der Waals surface area contributed by atoms with Crippen LogP contribution in [0.2, 0.25) is 0 Å². The number of rotatable bonds is 2. The van der Waals surface area contributed by atoms with Crippen molar-refractivity contribution in [3.8, 4) is 5.06 Å². The van der Waals surface area contributed by atoms with Crippen molar-refractivity contribution in [3.63, 3.8) is 0 Å². The lowest BCUT2D eigenvalue weighted by atomic mass is 9.98. The summed E-state index contributed by atoms with van der Waals surface area (Å²) >= 11 is 1.78. The SMILES string of the molecule is COc1ccc(C2CCCNC2)s1. The Bertz CT molecular complexity index is 266. The van der Waals surface area contributed by atoms with Gasteiger partial charge >= 0.3 is 0 Å². The van der Waals surface area contributed by atoms with Crippen molar-refractivity contribution in [1.29, 1.82) is 0 Å². The number of thiophene rings is 1. The van der Waals surface area contributed by atoms with Crippen LogP contribution in [-0.2, 0) is 0 Å². The zero-order valence-electron chi connectivity index (χ0n) is 7.88. The standard InChI is InChI=1S/C10H15NOS/c1-12-10-5-4-9(13-10)8-3-2-6-11-7-8/h4-5,8,11H,2-3,6-7H2,1H3. The fourth-order valence-electron chi connectivity index (χ4n) is 1.76. The molecule has 2 rings (SSSR count). The summed E-state index contributed by atoms with van der Waals surface area (Å²) in [5.41, 5.74) is 0. The minimum absolute atomic E-state index is 0.711. The topological polar surface area (TPSA) is 21.3 Å². The molecule has 72 valence electrons. The molecule has 0 spiro atoms. The summed E-state index contributed by atoms with van der Waals surface area (Å²) in [5.74, 6) is 0.711. The lowest BCUT2D eigenvalue weighted by Gasteiger charge is -2.21. The average molecular weight is 197 g/mol. The molecule has 1 aromatic rings. The Hall–Kier alpha value is -0.540. The molecule has 1 aliphatic rings. The summed E-state index contributed by atoms with van der Waals surface area (Å²) in [6, 6.07) is 4.26. The first-order chi connectivity index (χ1) is 6.40. The van der Waals surface area contributed by atoms with Crippen LogP contribution in [0.3, 0.4) is 0 Å². The molecule has 3 heteroatoms. The maximum absolute atomic E-state index is 5.18. The van der Waals surface area contributed by atoms with Crippen LogP contribution in [0.1, 0.15) is 23.6 Å². The number of hydrogen-bond donors (Lipinski definition) is 1. The zero-order chi connectivity index (χ0) is 9.10. The van der Waals surface area contributed by atoms with Crippen LogP contribution in [0.4, 0.5) is 0 Å². The third-order valence-electron chi connectivity index (χ3n) is 2.50. The molecular weight excluding hydrogens is 182 g/mol. The number of ether oxygens (including phenoxy) is 1. The molecule has 0 aromatic carbocycles. The number of piperidine rings is 1. The van der Waals surface area contributed by atoms with Crippen LogP contribution in [0.15, 0.2) is 12.1 Å². The van der Waals surface area contributed by atoms with E-state index < -0.39 is 0 Å². The Labute approximate surface area is 82.9 Å². The van der Waals surface area contributed by atoms with E-state index in [9.17, 15) is 0 Å². The van der Waals surface area contributed by atoms with E-state index in [4.69, 9.17) is 4.74 Å². The fraction of sp³-hybridized carbons (Fsp3) is 0.600. The van der Waals surface area contributed by atoms with Crippen LogP contribution in [0, 0.1) is 0 Å². The van der Waals surface area contributed by atoms with Gasteiger partial charge < -0.3 is 10.1 Å². The van der Waals surface area contributed by atoms with Crippen molar-refractivity contribution in [1.82, 2.24) is 5.32 Å². The number of hydrogen-bond acceptors (Lipinski definition) is 3. The quantitative estimate of drug-likeness (QED) is 0.785. The lowest BCUT2D eigenvalue weighted by Crippen LogP contribution is -2.27. The van der Waals surface area contributed by atoms with E-state index >= 15 is 0 Å².